The van der Waals surface area contributed by atoms with Crippen LogP contribution in [0, 0.1) is 0 Å². The van der Waals surface area contributed by atoms with Crippen molar-refractivity contribution in [2.75, 3.05) is 19.7 Å². The highest BCUT2D eigenvalue weighted by molar-refractivity contribution is 5.75. The molecule has 0 radical (unpaired) electrons. The van der Waals surface area contributed by atoms with Gasteiger partial charge in [0.15, 0.2) is 6.10 Å². The van der Waals surface area contributed by atoms with Gasteiger partial charge < -0.3 is 19.1 Å². The highest BCUT2D eigenvalue weighted by Gasteiger charge is 2.23. The summed E-state index contributed by atoms with van der Waals surface area (Å²) in [6.45, 7) is 11.7. The lowest BCUT2D eigenvalue weighted by Crippen LogP contribution is -2.38. The monoisotopic (exact) mass is 525 g/mol. The van der Waals surface area contributed by atoms with E-state index in [9.17, 15) is 9.59 Å². The van der Waals surface area contributed by atoms with Crippen LogP contribution in [-0.2, 0) is 38.5 Å². The third-order valence-electron chi connectivity index (χ3n) is 6.14. The molecule has 6 heteroatoms. The molecule has 0 aliphatic heterocycles. The smallest absolute Gasteiger partial charge is 0.410 e. The molecule has 1 unspecified atom stereocenters. The van der Waals surface area contributed by atoms with Crippen molar-refractivity contribution in [3.63, 3.8) is 0 Å². The number of benzene rings is 2. The summed E-state index contributed by atoms with van der Waals surface area (Å²) in [6, 6.07) is 18.0. The maximum Gasteiger partial charge on any atom is 0.410 e. The number of carbonyl (C=O) groups excluding carboxylic acids is 2. The largest absolute Gasteiger partial charge is 0.464 e. The highest BCUT2D eigenvalue weighted by Crippen LogP contribution is 2.15. The summed E-state index contributed by atoms with van der Waals surface area (Å²) < 4.78 is 16.9. The normalized spacial score (nSPS) is 12.1. The van der Waals surface area contributed by atoms with E-state index in [0.717, 1.165) is 36.0 Å². The van der Waals surface area contributed by atoms with Gasteiger partial charge in [-0.1, -0.05) is 87.2 Å². The Kier molecular flexibility index (Phi) is 13.9. The van der Waals surface area contributed by atoms with E-state index in [1.54, 1.807) is 6.92 Å². The lowest BCUT2D eigenvalue weighted by atomic mass is 10.0. The van der Waals surface area contributed by atoms with E-state index in [1.165, 1.54) is 19.3 Å². The number of unbranched alkanes of at least 4 members (excludes halogenated alkanes) is 4. The van der Waals surface area contributed by atoms with Crippen LogP contribution in [0.25, 0.3) is 0 Å². The standard InChI is InChI=1S/C32H47NO5/c1-6-8-9-10-14-22-33(31(35)38-32(3,4)5)23-21-26-17-19-27(20-18-26)24-29(30(34)36-7-2)37-25-28-15-12-11-13-16-28/h11-13,15-20,29H,6-10,14,21-25H2,1-5H3. The van der Waals surface area contributed by atoms with Crippen LogP contribution in [-0.4, -0.2) is 48.4 Å². The third kappa shape index (κ3) is 12.6. The van der Waals surface area contributed by atoms with Crippen molar-refractivity contribution in [3.8, 4) is 0 Å². The van der Waals surface area contributed by atoms with Crippen LogP contribution in [0.5, 0.6) is 0 Å². The molecule has 0 spiro atoms. The van der Waals surface area contributed by atoms with Gasteiger partial charge in [-0.2, -0.15) is 0 Å². The molecule has 1 atom stereocenters. The minimum Gasteiger partial charge on any atom is -0.464 e. The van der Waals surface area contributed by atoms with Crippen molar-refractivity contribution in [3.05, 3.63) is 71.3 Å². The Balaban J connectivity index is 1.96. The Morgan fingerprint density at radius 1 is 0.816 bits per heavy atom. The van der Waals surface area contributed by atoms with Crippen LogP contribution in [0.15, 0.2) is 54.6 Å². The van der Waals surface area contributed by atoms with Gasteiger partial charge in [-0.15, -0.1) is 0 Å². The zero-order chi connectivity index (χ0) is 27.8. The van der Waals surface area contributed by atoms with Crippen molar-refractivity contribution in [1.82, 2.24) is 4.90 Å². The molecule has 0 heterocycles. The van der Waals surface area contributed by atoms with E-state index in [-0.39, 0.29) is 12.1 Å². The average Bonchev–Trinajstić information content (AvgIpc) is 2.88. The first-order chi connectivity index (χ1) is 18.2. The van der Waals surface area contributed by atoms with Crippen LogP contribution in [0.2, 0.25) is 0 Å². The molecule has 0 N–H and O–H groups in total. The van der Waals surface area contributed by atoms with Crippen molar-refractivity contribution in [1.29, 1.82) is 0 Å². The van der Waals surface area contributed by atoms with Gasteiger partial charge in [-0.05, 0) is 57.2 Å². The van der Waals surface area contributed by atoms with E-state index in [0.29, 0.717) is 32.7 Å². The van der Waals surface area contributed by atoms with Gasteiger partial charge in [-0.3, -0.25) is 0 Å². The zero-order valence-electron chi connectivity index (χ0n) is 24.0. The average molecular weight is 526 g/mol. The van der Waals surface area contributed by atoms with Crippen molar-refractivity contribution in [2.45, 2.75) is 97.9 Å². The summed E-state index contributed by atoms with van der Waals surface area (Å²) in [6.07, 6.45) is 5.98. The highest BCUT2D eigenvalue weighted by atomic mass is 16.6. The second-order valence-electron chi connectivity index (χ2n) is 10.7. The molecule has 1 amide bonds. The maximum absolute atomic E-state index is 12.8. The molecule has 2 aromatic rings. The van der Waals surface area contributed by atoms with Crippen LogP contribution in [0.4, 0.5) is 4.79 Å². The fourth-order valence-electron chi connectivity index (χ4n) is 4.06. The second kappa shape index (κ2) is 16.9. The molecule has 0 aliphatic carbocycles. The van der Waals surface area contributed by atoms with Gasteiger partial charge in [0.05, 0.1) is 13.2 Å². The topological polar surface area (TPSA) is 65.1 Å². The first-order valence-corrected chi connectivity index (χ1v) is 14.1. The van der Waals surface area contributed by atoms with Crippen molar-refractivity contribution in [2.24, 2.45) is 0 Å². The van der Waals surface area contributed by atoms with Gasteiger partial charge in [-0.25, -0.2) is 9.59 Å². The number of carbonyl (C=O) groups is 2. The fourth-order valence-corrected chi connectivity index (χ4v) is 4.06. The number of nitrogens with zero attached hydrogens (tertiary/aromatic N) is 1. The molecule has 0 bridgehead atoms. The summed E-state index contributed by atoms with van der Waals surface area (Å²) in [4.78, 5) is 27.2. The molecular weight excluding hydrogens is 478 g/mol. The third-order valence-corrected chi connectivity index (χ3v) is 6.14. The summed E-state index contributed by atoms with van der Waals surface area (Å²) >= 11 is 0. The van der Waals surface area contributed by atoms with Crippen LogP contribution >= 0.6 is 0 Å². The lowest BCUT2D eigenvalue weighted by molar-refractivity contribution is -0.157. The molecule has 0 aliphatic rings. The summed E-state index contributed by atoms with van der Waals surface area (Å²) in [5, 5.41) is 0. The lowest BCUT2D eigenvalue weighted by Gasteiger charge is -2.27. The number of hydrogen-bond donors (Lipinski definition) is 0. The Morgan fingerprint density at radius 3 is 2.11 bits per heavy atom. The SMILES string of the molecule is CCCCCCCN(CCc1ccc(CC(OCc2ccccc2)C(=O)OCC)cc1)C(=O)OC(C)(C)C. The van der Waals surface area contributed by atoms with Gasteiger partial charge in [0, 0.05) is 19.5 Å². The number of hydrogen-bond acceptors (Lipinski definition) is 5. The minimum atomic E-state index is -0.670. The Morgan fingerprint density at radius 2 is 1.47 bits per heavy atom. The van der Waals surface area contributed by atoms with Crippen molar-refractivity contribution < 1.29 is 23.8 Å². The van der Waals surface area contributed by atoms with Crippen LogP contribution in [0.1, 0.15) is 83.4 Å². The second-order valence-corrected chi connectivity index (χ2v) is 10.7. The molecule has 210 valence electrons. The molecule has 0 saturated carbocycles. The maximum atomic E-state index is 12.8. The van der Waals surface area contributed by atoms with Gasteiger partial charge in [0.2, 0.25) is 0 Å². The Hall–Kier alpha value is -2.86. The zero-order valence-corrected chi connectivity index (χ0v) is 24.0. The van der Waals surface area contributed by atoms with E-state index in [1.807, 2.05) is 68.1 Å². The van der Waals surface area contributed by atoms with Crippen LogP contribution in [0.3, 0.4) is 0 Å². The number of rotatable bonds is 16. The molecule has 2 aromatic carbocycles. The summed E-state index contributed by atoms with van der Waals surface area (Å²) in [5.41, 5.74) is 2.63. The molecule has 0 saturated heterocycles. The molecular formula is C32H47NO5. The van der Waals surface area contributed by atoms with Gasteiger partial charge >= 0.3 is 12.1 Å². The van der Waals surface area contributed by atoms with Crippen molar-refractivity contribution >= 4 is 12.1 Å². The van der Waals surface area contributed by atoms with E-state index in [2.05, 4.69) is 19.1 Å². The minimum absolute atomic E-state index is 0.252. The molecule has 0 fully saturated rings. The van der Waals surface area contributed by atoms with Gasteiger partial charge in [0.25, 0.3) is 0 Å². The van der Waals surface area contributed by atoms with E-state index >= 15 is 0 Å². The van der Waals surface area contributed by atoms with E-state index in [4.69, 9.17) is 14.2 Å². The predicted molar refractivity (Wildman–Crippen MR) is 152 cm³/mol. The Bertz CT molecular complexity index is 937. The van der Waals surface area contributed by atoms with Gasteiger partial charge in [0.1, 0.15) is 5.60 Å². The number of ether oxygens (including phenoxy) is 3. The Labute approximate surface area is 229 Å². The predicted octanol–water partition coefficient (Wildman–Crippen LogP) is 7.13. The molecule has 2 rings (SSSR count). The number of esters is 1. The molecule has 6 nitrogen and oxygen atoms in total. The fraction of sp³-hybridized carbons (Fsp3) is 0.562. The van der Waals surface area contributed by atoms with Crippen LogP contribution < -0.4 is 0 Å². The summed E-state index contributed by atoms with van der Waals surface area (Å²) in [5.74, 6) is -0.348. The molecule has 38 heavy (non-hydrogen) atoms. The number of amides is 1. The first kappa shape index (κ1) is 31.4. The summed E-state index contributed by atoms with van der Waals surface area (Å²) in [7, 11) is 0. The molecule has 0 aromatic heterocycles. The van der Waals surface area contributed by atoms with E-state index < -0.39 is 11.7 Å². The first-order valence-electron chi connectivity index (χ1n) is 14.1. The quantitative estimate of drug-likeness (QED) is 0.172.